The zero-order chi connectivity index (χ0) is 20.9. The summed E-state index contributed by atoms with van der Waals surface area (Å²) in [6.45, 7) is 1.90. The molecule has 1 atom stereocenters. The zero-order valence-electron chi connectivity index (χ0n) is 14.5. The van der Waals surface area contributed by atoms with Crippen molar-refractivity contribution < 1.29 is 14.7 Å². The number of aryl methyl sites for hydroxylation is 1. The number of alkyl halides is 3. The number of nitrogens with one attached hydrogen (secondary N) is 3. The third-order valence-corrected chi connectivity index (χ3v) is 4.47. The van der Waals surface area contributed by atoms with Gasteiger partial charge in [-0.15, -0.1) is 0 Å². The lowest BCUT2D eigenvalue weighted by Crippen LogP contribution is -2.56. The SMILES string of the molecule is Cc1ccc(C(=O)N[C@@H](NC(=S)Nc2ccccc2C(=O)O)C(Cl)(Cl)Cl)cc1. The average Bonchev–Trinajstić information content (AvgIpc) is 2.61. The molecule has 0 spiro atoms. The molecule has 2 rings (SSSR count). The van der Waals surface area contributed by atoms with Gasteiger partial charge in [-0.1, -0.05) is 64.6 Å². The maximum atomic E-state index is 12.4. The fourth-order valence-corrected chi connectivity index (χ4v) is 2.74. The fourth-order valence-electron chi connectivity index (χ4n) is 2.19. The Morgan fingerprint density at radius 3 is 2.21 bits per heavy atom. The number of hydrogen-bond acceptors (Lipinski definition) is 3. The number of para-hydroxylation sites is 1. The Hall–Kier alpha value is -2.06. The molecule has 0 aromatic heterocycles. The van der Waals surface area contributed by atoms with Crippen molar-refractivity contribution in [2.45, 2.75) is 16.9 Å². The molecule has 10 heteroatoms. The maximum Gasteiger partial charge on any atom is 0.337 e. The van der Waals surface area contributed by atoms with Gasteiger partial charge in [0, 0.05) is 5.56 Å². The van der Waals surface area contributed by atoms with Gasteiger partial charge in [-0.05, 0) is 43.4 Å². The minimum absolute atomic E-state index is 0.0146. The van der Waals surface area contributed by atoms with Crippen molar-refractivity contribution in [1.29, 1.82) is 0 Å². The van der Waals surface area contributed by atoms with Crippen molar-refractivity contribution in [3.63, 3.8) is 0 Å². The van der Waals surface area contributed by atoms with Gasteiger partial charge in [0.25, 0.3) is 5.91 Å². The third kappa shape index (κ3) is 6.24. The number of thiocarbonyl (C=S) groups is 1. The molecule has 0 saturated heterocycles. The lowest BCUT2D eigenvalue weighted by atomic mass is 10.1. The number of hydrogen-bond donors (Lipinski definition) is 4. The molecule has 28 heavy (non-hydrogen) atoms. The van der Waals surface area contributed by atoms with Crippen molar-refractivity contribution in [2.24, 2.45) is 0 Å². The minimum Gasteiger partial charge on any atom is -0.478 e. The van der Waals surface area contributed by atoms with E-state index in [9.17, 15) is 14.7 Å². The van der Waals surface area contributed by atoms with Crippen LogP contribution < -0.4 is 16.0 Å². The first-order valence-electron chi connectivity index (χ1n) is 7.92. The molecule has 0 radical (unpaired) electrons. The highest BCUT2D eigenvalue weighted by Crippen LogP contribution is 2.29. The molecule has 1 amide bonds. The summed E-state index contributed by atoms with van der Waals surface area (Å²) >= 11 is 23.0. The molecule has 0 bridgehead atoms. The van der Waals surface area contributed by atoms with Crippen LogP contribution in [0.15, 0.2) is 48.5 Å². The molecule has 0 unspecified atom stereocenters. The third-order valence-electron chi connectivity index (χ3n) is 3.60. The van der Waals surface area contributed by atoms with Gasteiger partial charge in [0.15, 0.2) is 5.11 Å². The van der Waals surface area contributed by atoms with Crippen molar-refractivity contribution in [3.05, 3.63) is 65.2 Å². The molecule has 0 aliphatic rings. The summed E-state index contributed by atoms with van der Waals surface area (Å²) < 4.78 is -1.93. The largest absolute Gasteiger partial charge is 0.478 e. The van der Waals surface area contributed by atoms with Crippen molar-refractivity contribution in [1.82, 2.24) is 10.6 Å². The number of carbonyl (C=O) groups excluding carboxylic acids is 1. The number of amides is 1. The molecular formula is C18H16Cl3N3O3S. The molecule has 6 nitrogen and oxygen atoms in total. The van der Waals surface area contributed by atoms with Crippen molar-refractivity contribution in [3.8, 4) is 0 Å². The van der Waals surface area contributed by atoms with Gasteiger partial charge in [-0.3, -0.25) is 4.79 Å². The number of carboxylic acids is 1. The summed E-state index contributed by atoms with van der Waals surface area (Å²) in [5.74, 6) is -1.60. The summed E-state index contributed by atoms with van der Waals surface area (Å²) in [7, 11) is 0. The first kappa shape index (κ1) is 22.2. The molecule has 148 valence electrons. The molecular weight excluding hydrogens is 445 g/mol. The molecule has 0 aliphatic carbocycles. The highest BCUT2D eigenvalue weighted by Gasteiger charge is 2.35. The van der Waals surface area contributed by atoms with E-state index >= 15 is 0 Å². The lowest BCUT2D eigenvalue weighted by molar-refractivity contribution is 0.0697. The fraction of sp³-hybridized carbons (Fsp3) is 0.167. The first-order valence-corrected chi connectivity index (χ1v) is 9.46. The van der Waals surface area contributed by atoms with Crippen LogP contribution >= 0.6 is 47.0 Å². The van der Waals surface area contributed by atoms with E-state index in [4.69, 9.17) is 47.0 Å². The van der Waals surface area contributed by atoms with E-state index in [0.717, 1.165) is 5.56 Å². The monoisotopic (exact) mass is 459 g/mol. The Morgan fingerprint density at radius 1 is 1.04 bits per heavy atom. The molecule has 0 fully saturated rings. The van der Waals surface area contributed by atoms with Crippen LogP contribution in [0.3, 0.4) is 0 Å². The number of carbonyl (C=O) groups is 2. The average molecular weight is 461 g/mol. The molecule has 0 aliphatic heterocycles. The smallest absolute Gasteiger partial charge is 0.337 e. The normalized spacial score (nSPS) is 12.0. The van der Waals surface area contributed by atoms with Crippen LogP contribution in [0.2, 0.25) is 0 Å². The highest BCUT2D eigenvalue weighted by atomic mass is 35.6. The van der Waals surface area contributed by atoms with Gasteiger partial charge in [0.2, 0.25) is 3.79 Å². The molecule has 0 saturated carbocycles. The van der Waals surface area contributed by atoms with E-state index in [1.165, 1.54) is 12.1 Å². The van der Waals surface area contributed by atoms with E-state index in [-0.39, 0.29) is 16.4 Å². The van der Waals surface area contributed by atoms with Gasteiger partial charge in [0.05, 0.1) is 11.3 Å². The Morgan fingerprint density at radius 2 is 1.64 bits per heavy atom. The summed E-state index contributed by atoms with van der Waals surface area (Å²) in [6, 6.07) is 13.0. The lowest BCUT2D eigenvalue weighted by Gasteiger charge is -2.28. The predicted molar refractivity (Wildman–Crippen MR) is 115 cm³/mol. The van der Waals surface area contributed by atoms with Gasteiger partial charge < -0.3 is 21.1 Å². The number of rotatable bonds is 5. The minimum atomic E-state index is -1.93. The van der Waals surface area contributed by atoms with E-state index in [1.807, 2.05) is 6.92 Å². The molecule has 0 heterocycles. The van der Waals surface area contributed by atoms with E-state index in [0.29, 0.717) is 5.56 Å². The summed E-state index contributed by atoms with van der Waals surface area (Å²) in [5, 5.41) is 17.2. The van der Waals surface area contributed by atoms with Crippen LogP contribution in [-0.4, -0.2) is 32.1 Å². The quantitative estimate of drug-likeness (QED) is 0.305. The number of aromatic carboxylic acids is 1. The Labute approximate surface area is 182 Å². The summed E-state index contributed by atoms with van der Waals surface area (Å²) in [6.07, 6.45) is -1.18. The van der Waals surface area contributed by atoms with E-state index < -0.39 is 21.8 Å². The number of carboxylic acid groups (broad SMARTS) is 1. The standard InChI is InChI=1S/C18H16Cl3N3O3S/c1-10-6-8-11(9-7-10)14(25)23-16(18(19,20)21)24-17(28)22-13-5-3-2-4-12(13)15(26)27/h2-9,16H,1H3,(H,23,25)(H,26,27)(H2,22,24,28)/t16-/m0/s1. The van der Waals surface area contributed by atoms with Crippen LogP contribution in [0.1, 0.15) is 26.3 Å². The number of benzene rings is 2. The van der Waals surface area contributed by atoms with Crippen LogP contribution in [0.25, 0.3) is 0 Å². The molecule has 2 aromatic carbocycles. The summed E-state index contributed by atoms with van der Waals surface area (Å²) in [4.78, 5) is 23.7. The van der Waals surface area contributed by atoms with Crippen LogP contribution in [-0.2, 0) is 0 Å². The molecule has 2 aromatic rings. The summed E-state index contributed by atoms with van der Waals surface area (Å²) in [5.41, 5.74) is 1.64. The van der Waals surface area contributed by atoms with Gasteiger partial charge >= 0.3 is 5.97 Å². The number of halogens is 3. The van der Waals surface area contributed by atoms with E-state index in [2.05, 4.69) is 16.0 Å². The first-order chi connectivity index (χ1) is 13.1. The van der Waals surface area contributed by atoms with Gasteiger partial charge in [-0.2, -0.15) is 0 Å². The zero-order valence-corrected chi connectivity index (χ0v) is 17.6. The number of anilines is 1. The molecule has 4 N–H and O–H groups in total. The second-order valence-corrected chi connectivity index (χ2v) is 8.54. The Bertz CT molecular complexity index is 886. The Balaban J connectivity index is 2.12. The van der Waals surface area contributed by atoms with Gasteiger partial charge in [-0.25, -0.2) is 4.79 Å². The van der Waals surface area contributed by atoms with Crippen LogP contribution in [0, 0.1) is 6.92 Å². The topological polar surface area (TPSA) is 90.5 Å². The van der Waals surface area contributed by atoms with E-state index in [1.54, 1.807) is 36.4 Å². The van der Waals surface area contributed by atoms with Gasteiger partial charge in [0.1, 0.15) is 6.17 Å². The van der Waals surface area contributed by atoms with Crippen molar-refractivity contribution in [2.75, 3.05) is 5.32 Å². The Kier molecular flexibility index (Phi) is 7.48. The van der Waals surface area contributed by atoms with Crippen LogP contribution in [0.4, 0.5) is 5.69 Å². The second-order valence-electron chi connectivity index (χ2n) is 5.76. The maximum absolute atomic E-state index is 12.4. The second kappa shape index (κ2) is 9.43. The highest BCUT2D eigenvalue weighted by molar-refractivity contribution is 7.80. The van der Waals surface area contributed by atoms with Crippen LogP contribution in [0.5, 0.6) is 0 Å². The van der Waals surface area contributed by atoms with Crippen molar-refractivity contribution >= 4 is 69.7 Å². The predicted octanol–water partition coefficient (Wildman–Crippen LogP) is 4.11.